The zero-order valence-electron chi connectivity index (χ0n) is 10.3. The zero-order valence-corrected chi connectivity index (χ0v) is 10.3. The first kappa shape index (κ1) is 11.4. The summed E-state index contributed by atoms with van der Waals surface area (Å²) in [5.74, 6) is 1.80. The molecule has 0 bridgehead atoms. The summed E-state index contributed by atoms with van der Waals surface area (Å²) in [6, 6.07) is 1.53. The molecular weight excluding hydrogens is 184 g/mol. The molecule has 2 nitrogen and oxygen atoms in total. The molecular formula is C13H26N2. The molecule has 2 fully saturated rings. The SMILES string of the molecule is CC(CC1CC1)N(C)C1CCCC1CN. The van der Waals surface area contributed by atoms with Crippen molar-refractivity contribution >= 4 is 0 Å². The van der Waals surface area contributed by atoms with Crippen LogP contribution in [0, 0.1) is 11.8 Å². The Morgan fingerprint density at radius 2 is 2.00 bits per heavy atom. The third-order valence-electron chi connectivity index (χ3n) is 4.51. The monoisotopic (exact) mass is 210 g/mol. The summed E-state index contributed by atoms with van der Waals surface area (Å²) in [6.07, 6.45) is 8.46. The van der Waals surface area contributed by atoms with Crippen molar-refractivity contribution in [3.05, 3.63) is 0 Å². The van der Waals surface area contributed by atoms with Gasteiger partial charge < -0.3 is 10.6 Å². The maximum absolute atomic E-state index is 5.85. The van der Waals surface area contributed by atoms with E-state index in [1.807, 2.05) is 0 Å². The molecule has 2 aliphatic rings. The van der Waals surface area contributed by atoms with Crippen LogP contribution in [0.4, 0.5) is 0 Å². The molecule has 0 saturated heterocycles. The van der Waals surface area contributed by atoms with Crippen LogP contribution in [0.5, 0.6) is 0 Å². The van der Waals surface area contributed by atoms with Gasteiger partial charge in [-0.2, -0.15) is 0 Å². The van der Waals surface area contributed by atoms with E-state index < -0.39 is 0 Å². The van der Waals surface area contributed by atoms with Gasteiger partial charge in [-0.3, -0.25) is 0 Å². The van der Waals surface area contributed by atoms with Crippen molar-refractivity contribution in [3.8, 4) is 0 Å². The van der Waals surface area contributed by atoms with Crippen LogP contribution in [-0.4, -0.2) is 30.6 Å². The minimum atomic E-state index is 0.759. The highest BCUT2D eigenvalue weighted by Crippen LogP contribution is 2.36. The van der Waals surface area contributed by atoms with E-state index in [4.69, 9.17) is 5.73 Å². The third-order valence-corrected chi connectivity index (χ3v) is 4.51. The van der Waals surface area contributed by atoms with Crippen LogP contribution in [-0.2, 0) is 0 Å². The largest absolute Gasteiger partial charge is 0.330 e. The lowest BCUT2D eigenvalue weighted by Gasteiger charge is -2.34. The van der Waals surface area contributed by atoms with Crippen LogP contribution in [0.25, 0.3) is 0 Å². The van der Waals surface area contributed by atoms with Gasteiger partial charge in [0, 0.05) is 12.1 Å². The van der Waals surface area contributed by atoms with E-state index in [-0.39, 0.29) is 0 Å². The molecule has 2 heteroatoms. The molecule has 0 aliphatic heterocycles. The first-order valence-electron chi connectivity index (χ1n) is 6.64. The van der Waals surface area contributed by atoms with E-state index in [0.717, 1.165) is 30.5 Å². The fourth-order valence-corrected chi connectivity index (χ4v) is 3.16. The molecule has 3 atom stereocenters. The second-order valence-corrected chi connectivity index (χ2v) is 5.69. The summed E-state index contributed by atoms with van der Waals surface area (Å²) in [5, 5.41) is 0. The topological polar surface area (TPSA) is 29.3 Å². The quantitative estimate of drug-likeness (QED) is 0.754. The van der Waals surface area contributed by atoms with Crippen LogP contribution < -0.4 is 5.73 Å². The molecule has 0 amide bonds. The number of hydrogen-bond donors (Lipinski definition) is 1. The second kappa shape index (κ2) is 4.84. The summed E-state index contributed by atoms with van der Waals surface area (Å²) in [5.41, 5.74) is 5.85. The van der Waals surface area contributed by atoms with E-state index in [1.165, 1.54) is 38.5 Å². The van der Waals surface area contributed by atoms with Gasteiger partial charge in [0.1, 0.15) is 0 Å². The summed E-state index contributed by atoms with van der Waals surface area (Å²) >= 11 is 0. The van der Waals surface area contributed by atoms with Crippen molar-refractivity contribution in [1.29, 1.82) is 0 Å². The Balaban J connectivity index is 1.84. The predicted molar refractivity (Wildman–Crippen MR) is 64.7 cm³/mol. The van der Waals surface area contributed by atoms with Crippen LogP contribution in [0.15, 0.2) is 0 Å². The highest BCUT2D eigenvalue weighted by molar-refractivity contribution is 4.88. The molecule has 0 aromatic carbocycles. The normalized spacial score (nSPS) is 33.6. The smallest absolute Gasteiger partial charge is 0.0135 e. The van der Waals surface area contributed by atoms with Crippen molar-refractivity contribution in [2.24, 2.45) is 17.6 Å². The molecule has 0 aromatic rings. The van der Waals surface area contributed by atoms with Crippen LogP contribution in [0.3, 0.4) is 0 Å². The van der Waals surface area contributed by atoms with Gasteiger partial charge in [0.25, 0.3) is 0 Å². The summed E-state index contributed by atoms with van der Waals surface area (Å²) in [7, 11) is 2.31. The maximum atomic E-state index is 5.85. The summed E-state index contributed by atoms with van der Waals surface area (Å²) in [4.78, 5) is 2.61. The Morgan fingerprint density at radius 3 is 2.60 bits per heavy atom. The van der Waals surface area contributed by atoms with Crippen LogP contribution in [0.2, 0.25) is 0 Å². The standard InChI is InChI=1S/C13H26N2/c1-10(8-11-6-7-11)15(2)13-5-3-4-12(13)9-14/h10-13H,3-9,14H2,1-2H3. The molecule has 0 spiro atoms. The fourth-order valence-electron chi connectivity index (χ4n) is 3.16. The molecule has 2 saturated carbocycles. The molecule has 3 unspecified atom stereocenters. The highest BCUT2D eigenvalue weighted by Gasteiger charge is 2.33. The van der Waals surface area contributed by atoms with Gasteiger partial charge in [-0.15, -0.1) is 0 Å². The number of nitrogens with zero attached hydrogens (tertiary/aromatic N) is 1. The highest BCUT2D eigenvalue weighted by atomic mass is 15.2. The Labute approximate surface area is 94.2 Å². The van der Waals surface area contributed by atoms with Crippen molar-refractivity contribution in [2.75, 3.05) is 13.6 Å². The maximum Gasteiger partial charge on any atom is 0.0135 e. The number of hydrogen-bond acceptors (Lipinski definition) is 2. The second-order valence-electron chi connectivity index (χ2n) is 5.69. The number of rotatable bonds is 5. The van der Waals surface area contributed by atoms with Crippen molar-refractivity contribution < 1.29 is 0 Å². The molecule has 88 valence electrons. The van der Waals surface area contributed by atoms with Gasteiger partial charge in [-0.1, -0.05) is 19.3 Å². The average Bonchev–Trinajstić information content (AvgIpc) is 2.92. The number of nitrogens with two attached hydrogens (primary N) is 1. The molecule has 15 heavy (non-hydrogen) atoms. The zero-order chi connectivity index (χ0) is 10.8. The van der Waals surface area contributed by atoms with E-state index in [9.17, 15) is 0 Å². The van der Waals surface area contributed by atoms with Gasteiger partial charge in [-0.05, 0) is 51.6 Å². The van der Waals surface area contributed by atoms with Crippen LogP contribution in [0.1, 0.15) is 45.4 Å². The lowest BCUT2D eigenvalue weighted by Crippen LogP contribution is -2.42. The van der Waals surface area contributed by atoms with Gasteiger partial charge >= 0.3 is 0 Å². The van der Waals surface area contributed by atoms with E-state index in [2.05, 4.69) is 18.9 Å². The molecule has 0 radical (unpaired) electrons. The minimum Gasteiger partial charge on any atom is -0.330 e. The molecule has 0 heterocycles. The Bertz CT molecular complexity index is 201. The van der Waals surface area contributed by atoms with E-state index >= 15 is 0 Å². The lowest BCUT2D eigenvalue weighted by molar-refractivity contribution is 0.141. The van der Waals surface area contributed by atoms with Crippen LogP contribution >= 0.6 is 0 Å². The third kappa shape index (κ3) is 2.73. The van der Waals surface area contributed by atoms with E-state index in [1.54, 1.807) is 0 Å². The summed E-state index contributed by atoms with van der Waals surface area (Å²) in [6.45, 7) is 3.27. The summed E-state index contributed by atoms with van der Waals surface area (Å²) < 4.78 is 0. The fraction of sp³-hybridized carbons (Fsp3) is 1.00. The van der Waals surface area contributed by atoms with Crippen molar-refractivity contribution in [1.82, 2.24) is 4.90 Å². The molecule has 2 aliphatic carbocycles. The molecule has 2 N–H and O–H groups in total. The first-order valence-corrected chi connectivity index (χ1v) is 6.64. The molecule has 0 aromatic heterocycles. The van der Waals surface area contributed by atoms with E-state index in [0.29, 0.717) is 0 Å². The molecule has 2 rings (SSSR count). The minimum absolute atomic E-state index is 0.759. The Kier molecular flexibility index (Phi) is 3.68. The average molecular weight is 210 g/mol. The first-order chi connectivity index (χ1) is 7.22. The van der Waals surface area contributed by atoms with Crippen molar-refractivity contribution in [2.45, 2.75) is 57.5 Å². The van der Waals surface area contributed by atoms with Gasteiger partial charge in [0.15, 0.2) is 0 Å². The lowest BCUT2D eigenvalue weighted by atomic mass is 10.00. The van der Waals surface area contributed by atoms with Gasteiger partial charge in [-0.25, -0.2) is 0 Å². The van der Waals surface area contributed by atoms with Gasteiger partial charge in [0.2, 0.25) is 0 Å². The van der Waals surface area contributed by atoms with Gasteiger partial charge in [0.05, 0.1) is 0 Å². The Hall–Kier alpha value is -0.0800. The van der Waals surface area contributed by atoms with Crippen molar-refractivity contribution in [3.63, 3.8) is 0 Å². The predicted octanol–water partition coefficient (Wildman–Crippen LogP) is 2.23. The Morgan fingerprint density at radius 1 is 1.27 bits per heavy atom.